The molecule has 0 aromatic rings. The molecule has 1 saturated carbocycles. The molecule has 0 aromatic carbocycles. The minimum atomic E-state index is -1.78. The predicted molar refractivity (Wildman–Crippen MR) is 138 cm³/mol. The van der Waals surface area contributed by atoms with Crippen LogP contribution >= 0.6 is 0 Å². The van der Waals surface area contributed by atoms with Crippen molar-refractivity contribution in [3.05, 3.63) is 22.8 Å². The number of hydrogen-bond acceptors (Lipinski definition) is 2. The Balaban J connectivity index is 1.62. The van der Waals surface area contributed by atoms with Crippen molar-refractivity contribution in [2.24, 2.45) is 28.1 Å². The Labute approximate surface area is 199 Å². The SMILES string of the molecule is C[C@@H](O[Si](C)(C)C(C)(C)C)[C@H]1CC=C2C3=C(CC[C@@]21C)[C@@]1(C)CC[C@H](O)C(C)(C)[C@@H]1CC3. The van der Waals surface area contributed by atoms with Crippen LogP contribution in [-0.4, -0.2) is 25.6 Å². The molecule has 0 amide bonds. The molecule has 4 aliphatic carbocycles. The smallest absolute Gasteiger partial charge is 0.192 e. The molecule has 6 atom stereocenters. The van der Waals surface area contributed by atoms with Gasteiger partial charge in [-0.1, -0.05) is 60.1 Å². The number of aliphatic hydroxyl groups is 1. The minimum absolute atomic E-state index is 0.0182. The van der Waals surface area contributed by atoms with Crippen LogP contribution in [0, 0.1) is 28.1 Å². The number of aliphatic hydroxyl groups excluding tert-OH is 1. The molecule has 1 fully saturated rings. The Morgan fingerprint density at radius 3 is 2.31 bits per heavy atom. The molecule has 0 spiro atoms. The van der Waals surface area contributed by atoms with Crippen LogP contribution in [-0.2, 0) is 4.43 Å². The monoisotopic (exact) mass is 458 g/mol. The van der Waals surface area contributed by atoms with Gasteiger partial charge >= 0.3 is 0 Å². The van der Waals surface area contributed by atoms with E-state index in [1.54, 1.807) is 16.7 Å². The second-order valence-electron chi connectivity index (χ2n) is 14.3. The Morgan fingerprint density at radius 2 is 1.69 bits per heavy atom. The van der Waals surface area contributed by atoms with Crippen LogP contribution in [0.3, 0.4) is 0 Å². The van der Waals surface area contributed by atoms with Gasteiger partial charge in [-0.2, -0.15) is 0 Å². The van der Waals surface area contributed by atoms with Gasteiger partial charge in [0.2, 0.25) is 0 Å². The molecule has 4 aliphatic rings. The predicted octanol–water partition coefficient (Wildman–Crippen LogP) is 8.04. The topological polar surface area (TPSA) is 29.5 Å². The number of hydrogen-bond donors (Lipinski definition) is 1. The molecule has 1 N–H and O–H groups in total. The summed E-state index contributed by atoms with van der Waals surface area (Å²) in [4.78, 5) is 0. The zero-order chi connectivity index (χ0) is 23.9. The van der Waals surface area contributed by atoms with Crippen molar-refractivity contribution in [1.29, 1.82) is 0 Å². The van der Waals surface area contributed by atoms with E-state index in [2.05, 4.69) is 74.6 Å². The highest BCUT2D eigenvalue weighted by molar-refractivity contribution is 6.74. The van der Waals surface area contributed by atoms with Crippen molar-refractivity contribution in [2.75, 3.05) is 0 Å². The molecule has 0 aromatic heterocycles. The number of allylic oxidation sites excluding steroid dienone is 4. The fraction of sp³-hybridized carbons (Fsp3) is 0.862. The van der Waals surface area contributed by atoms with Crippen molar-refractivity contribution in [2.45, 2.75) is 131 Å². The lowest BCUT2D eigenvalue weighted by Crippen LogP contribution is -2.53. The average molecular weight is 459 g/mol. The molecule has 3 heteroatoms. The molecule has 0 unspecified atom stereocenters. The van der Waals surface area contributed by atoms with Crippen LogP contribution in [0.5, 0.6) is 0 Å². The number of rotatable bonds is 3. The van der Waals surface area contributed by atoms with Crippen LogP contribution in [0.15, 0.2) is 22.8 Å². The van der Waals surface area contributed by atoms with Gasteiger partial charge in [0, 0.05) is 6.10 Å². The van der Waals surface area contributed by atoms with Crippen LogP contribution in [0.1, 0.15) is 100 Å². The maximum atomic E-state index is 10.8. The molecular weight excluding hydrogens is 408 g/mol. The highest BCUT2D eigenvalue weighted by Crippen LogP contribution is 2.66. The van der Waals surface area contributed by atoms with Gasteiger partial charge in [0.15, 0.2) is 8.32 Å². The van der Waals surface area contributed by atoms with Crippen LogP contribution in [0.2, 0.25) is 18.1 Å². The molecule has 4 rings (SSSR count). The second kappa shape index (κ2) is 7.56. The van der Waals surface area contributed by atoms with Gasteiger partial charge in [-0.3, -0.25) is 0 Å². The molecular formula is C29H50O2Si. The van der Waals surface area contributed by atoms with Crippen LogP contribution in [0.4, 0.5) is 0 Å². The third-order valence-electron chi connectivity index (χ3n) is 11.3. The van der Waals surface area contributed by atoms with E-state index in [4.69, 9.17) is 4.43 Å². The van der Waals surface area contributed by atoms with Gasteiger partial charge < -0.3 is 9.53 Å². The molecule has 182 valence electrons. The summed E-state index contributed by atoms with van der Waals surface area (Å²) in [6, 6.07) is 0. The second-order valence-corrected chi connectivity index (χ2v) is 19.1. The summed E-state index contributed by atoms with van der Waals surface area (Å²) < 4.78 is 6.94. The molecule has 0 aliphatic heterocycles. The van der Waals surface area contributed by atoms with Crippen molar-refractivity contribution < 1.29 is 9.53 Å². The Kier molecular flexibility index (Phi) is 5.84. The zero-order valence-corrected chi connectivity index (χ0v) is 23.7. The first kappa shape index (κ1) is 24.7. The van der Waals surface area contributed by atoms with Gasteiger partial charge in [0.1, 0.15) is 0 Å². The molecule has 0 radical (unpaired) electrons. The normalized spacial score (nSPS) is 40.3. The highest BCUT2D eigenvalue weighted by Gasteiger charge is 2.57. The lowest BCUT2D eigenvalue weighted by molar-refractivity contribution is -0.0906. The Morgan fingerprint density at radius 1 is 1.03 bits per heavy atom. The van der Waals surface area contributed by atoms with Crippen molar-refractivity contribution in [3.8, 4) is 0 Å². The maximum Gasteiger partial charge on any atom is 0.192 e. The first-order valence-corrected chi connectivity index (χ1v) is 16.3. The summed E-state index contributed by atoms with van der Waals surface area (Å²) in [5, 5.41) is 11.0. The largest absolute Gasteiger partial charge is 0.414 e. The van der Waals surface area contributed by atoms with E-state index in [-0.39, 0.29) is 27.4 Å². The lowest BCUT2D eigenvalue weighted by atomic mass is 9.46. The lowest BCUT2D eigenvalue weighted by Gasteiger charge is -2.59. The van der Waals surface area contributed by atoms with E-state index >= 15 is 0 Å². The fourth-order valence-corrected chi connectivity index (χ4v) is 9.60. The first-order valence-electron chi connectivity index (χ1n) is 13.3. The minimum Gasteiger partial charge on any atom is -0.414 e. The summed E-state index contributed by atoms with van der Waals surface area (Å²) >= 11 is 0. The molecule has 32 heavy (non-hydrogen) atoms. The molecule has 0 saturated heterocycles. The molecule has 0 heterocycles. The van der Waals surface area contributed by atoms with E-state index < -0.39 is 8.32 Å². The molecule has 2 nitrogen and oxygen atoms in total. The maximum absolute atomic E-state index is 10.8. The summed E-state index contributed by atoms with van der Waals surface area (Å²) in [7, 11) is -1.78. The van der Waals surface area contributed by atoms with Gasteiger partial charge in [0.25, 0.3) is 0 Å². The van der Waals surface area contributed by atoms with E-state index in [1.165, 1.54) is 32.1 Å². The summed E-state index contributed by atoms with van der Waals surface area (Å²) in [5.41, 5.74) is 5.69. The summed E-state index contributed by atoms with van der Waals surface area (Å²) in [6.45, 7) is 24.0. The third-order valence-corrected chi connectivity index (χ3v) is 15.9. The van der Waals surface area contributed by atoms with Gasteiger partial charge in [-0.15, -0.1) is 0 Å². The first-order chi connectivity index (χ1) is 14.6. The van der Waals surface area contributed by atoms with Crippen molar-refractivity contribution in [1.82, 2.24) is 0 Å². The van der Waals surface area contributed by atoms with Gasteiger partial charge in [-0.05, 0) is 109 Å². The van der Waals surface area contributed by atoms with E-state index in [1.807, 2.05) is 0 Å². The van der Waals surface area contributed by atoms with Crippen LogP contribution in [0.25, 0.3) is 0 Å². The van der Waals surface area contributed by atoms with Gasteiger partial charge in [0.05, 0.1) is 6.10 Å². The summed E-state index contributed by atoms with van der Waals surface area (Å²) in [6.07, 6.45) is 11.0. The quantitative estimate of drug-likeness (QED) is 0.434. The van der Waals surface area contributed by atoms with E-state index in [0.717, 1.165) is 12.8 Å². The van der Waals surface area contributed by atoms with E-state index in [0.29, 0.717) is 17.9 Å². The van der Waals surface area contributed by atoms with E-state index in [9.17, 15) is 5.11 Å². The standard InChI is InChI=1S/C29H50O2Si/c1-19(31-32(9,10)26(2,3)4)21-12-13-22-20-11-14-24-27(5,6)25(30)16-18-29(24,8)23(20)15-17-28(21,22)7/h13,19,21,24-25,30H,11-12,14-18H2,1-10H3/t19-,21-,24+,25+,28-,29-/m1/s1. The Hall–Kier alpha value is -0.383. The highest BCUT2D eigenvalue weighted by atomic mass is 28.4. The van der Waals surface area contributed by atoms with Crippen molar-refractivity contribution >= 4 is 8.32 Å². The zero-order valence-electron chi connectivity index (χ0n) is 22.7. The summed E-state index contributed by atoms with van der Waals surface area (Å²) in [5.74, 6) is 1.19. The van der Waals surface area contributed by atoms with Crippen molar-refractivity contribution in [3.63, 3.8) is 0 Å². The fourth-order valence-electron chi connectivity index (χ4n) is 8.15. The Bertz CT molecular complexity index is 829. The number of fused-ring (bicyclic) bond motifs is 4. The average Bonchev–Trinajstić information content (AvgIpc) is 3.01. The van der Waals surface area contributed by atoms with Gasteiger partial charge in [-0.25, -0.2) is 0 Å². The van der Waals surface area contributed by atoms with Crippen LogP contribution < -0.4 is 0 Å². The third kappa shape index (κ3) is 3.47. The molecule has 0 bridgehead atoms.